The van der Waals surface area contributed by atoms with E-state index in [1.54, 1.807) is 16.5 Å². The average molecular weight is 386 g/mol. The molecule has 0 aliphatic carbocycles. The predicted octanol–water partition coefficient (Wildman–Crippen LogP) is 1.78. The van der Waals surface area contributed by atoms with Crippen molar-refractivity contribution in [2.75, 3.05) is 13.2 Å². The van der Waals surface area contributed by atoms with Gasteiger partial charge in [0.2, 0.25) is 5.91 Å². The van der Waals surface area contributed by atoms with Crippen LogP contribution in [0.5, 0.6) is 0 Å². The van der Waals surface area contributed by atoms with E-state index in [0.717, 1.165) is 17.1 Å². The van der Waals surface area contributed by atoms with Crippen LogP contribution in [0.3, 0.4) is 0 Å². The summed E-state index contributed by atoms with van der Waals surface area (Å²) in [5.74, 6) is -0.472. The lowest BCUT2D eigenvalue weighted by Crippen LogP contribution is -2.55. The highest BCUT2D eigenvalue weighted by Gasteiger charge is 2.44. The summed E-state index contributed by atoms with van der Waals surface area (Å²) in [4.78, 5) is 36.0. The standard InChI is InChI=1S/C19H22N4O3S/c1-12-22-15(11-27-12)19(25)23-10-13(8-17-16(23)5-7-26-17)18(24)21-9-14-4-2-3-6-20-14/h2-4,6,11,13,16-17H,5,7-10H2,1H3,(H,21,24)/t13-,16-,17-/m1/s1. The number of ether oxygens (including phenoxy) is 1. The van der Waals surface area contributed by atoms with Gasteiger partial charge in [-0.1, -0.05) is 6.07 Å². The van der Waals surface area contributed by atoms with E-state index >= 15 is 0 Å². The molecule has 0 unspecified atom stereocenters. The van der Waals surface area contributed by atoms with E-state index < -0.39 is 0 Å². The van der Waals surface area contributed by atoms with Gasteiger partial charge in [0.15, 0.2) is 0 Å². The Morgan fingerprint density at radius 2 is 2.30 bits per heavy atom. The van der Waals surface area contributed by atoms with Crippen LogP contribution >= 0.6 is 11.3 Å². The molecule has 27 heavy (non-hydrogen) atoms. The summed E-state index contributed by atoms with van der Waals surface area (Å²) < 4.78 is 5.82. The maximum atomic E-state index is 13.0. The van der Waals surface area contributed by atoms with Gasteiger partial charge in [0.1, 0.15) is 5.69 Å². The van der Waals surface area contributed by atoms with Crippen LogP contribution in [0.2, 0.25) is 0 Å². The molecule has 2 amide bonds. The first-order valence-corrected chi connectivity index (χ1v) is 10.0. The smallest absolute Gasteiger partial charge is 0.273 e. The highest BCUT2D eigenvalue weighted by molar-refractivity contribution is 7.09. The number of carbonyl (C=O) groups excluding carboxylic acids is 2. The Balaban J connectivity index is 1.46. The summed E-state index contributed by atoms with van der Waals surface area (Å²) in [6.45, 7) is 3.28. The summed E-state index contributed by atoms with van der Waals surface area (Å²) in [7, 11) is 0. The maximum Gasteiger partial charge on any atom is 0.273 e. The number of piperidine rings is 1. The van der Waals surface area contributed by atoms with Crippen LogP contribution in [0.4, 0.5) is 0 Å². The molecule has 2 aromatic rings. The zero-order valence-electron chi connectivity index (χ0n) is 15.1. The topological polar surface area (TPSA) is 84.4 Å². The lowest BCUT2D eigenvalue weighted by molar-refractivity contribution is -0.128. The van der Waals surface area contributed by atoms with Gasteiger partial charge < -0.3 is 15.0 Å². The van der Waals surface area contributed by atoms with Gasteiger partial charge in [-0.25, -0.2) is 4.98 Å². The highest BCUT2D eigenvalue weighted by Crippen LogP contribution is 2.32. The second kappa shape index (κ2) is 7.74. The third-order valence-electron chi connectivity index (χ3n) is 5.15. The number of carbonyl (C=O) groups is 2. The van der Waals surface area contributed by atoms with E-state index in [9.17, 15) is 9.59 Å². The Labute approximate surface area is 161 Å². The van der Waals surface area contributed by atoms with E-state index in [4.69, 9.17) is 4.74 Å². The van der Waals surface area contributed by atoms with E-state index in [-0.39, 0.29) is 29.9 Å². The minimum atomic E-state index is -0.295. The molecule has 142 valence electrons. The van der Waals surface area contributed by atoms with Crippen LogP contribution in [0.1, 0.15) is 34.0 Å². The fourth-order valence-corrected chi connectivity index (χ4v) is 4.39. The predicted molar refractivity (Wildman–Crippen MR) is 100 cm³/mol. The van der Waals surface area contributed by atoms with E-state index in [0.29, 0.717) is 31.8 Å². The summed E-state index contributed by atoms with van der Waals surface area (Å²) in [6, 6.07) is 5.63. The molecule has 0 saturated carbocycles. The van der Waals surface area contributed by atoms with Crippen molar-refractivity contribution in [2.24, 2.45) is 5.92 Å². The number of aryl methyl sites for hydroxylation is 1. The number of rotatable bonds is 4. The zero-order valence-corrected chi connectivity index (χ0v) is 15.9. The first-order chi connectivity index (χ1) is 13.1. The van der Waals surface area contributed by atoms with Crippen LogP contribution in [-0.2, 0) is 16.1 Å². The van der Waals surface area contributed by atoms with Gasteiger partial charge in [-0.05, 0) is 31.9 Å². The van der Waals surface area contributed by atoms with Gasteiger partial charge >= 0.3 is 0 Å². The van der Waals surface area contributed by atoms with Crippen LogP contribution < -0.4 is 5.32 Å². The van der Waals surface area contributed by atoms with Crippen LogP contribution in [0.15, 0.2) is 29.8 Å². The molecule has 0 radical (unpaired) electrons. The van der Waals surface area contributed by atoms with Gasteiger partial charge in [0.05, 0.1) is 35.3 Å². The van der Waals surface area contributed by atoms with Crippen molar-refractivity contribution in [2.45, 2.75) is 38.5 Å². The molecular weight excluding hydrogens is 364 g/mol. The van der Waals surface area contributed by atoms with Gasteiger partial charge in [0.25, 0.3) is 5.91 Å². The number of hydrogen-bond acceptors (Lipinski definition) is 6. The van der Waals surface area contributed by atoms with Crippen LogP contribution in [0.25, 0.3) is 0 Å². The molecule has 0 bridgehead atoms. The summed E-state index contributed by atoms with van der Waals surface area (Å²) in [5.41, 5.74) is 1.26. The quantitative estimate of drug-likeness (QED) is 0.866. The first-order valence-electron chi connectivity index (χ1n) is 9.14. The summed E-state index contributed by atoms with van der Waals surface area (Å²) in [6.07, 6.45) is 3.06. The molecule has 7 nitrogen and oxygen atoms in total. The Bertz CT molecular complexity index is 825. The number of aromatic nitrogens is 2. The minimum absolute atomic E-state index is 0.0272. The van der Waals surface area contributed by atoms with E-state index in [1.807, 2.05) is 25.1 Å². The van der Waals surface area contributed by atoms with E-state index in [1.165, 1.54) is 11.3 Å². The molecule has 8 heteroatoms. The normalized spacial score (nSPS) is 24.5. The third kappa shape index (κ3) is 3.86. The lowest BCUT2D eigenvalue weighted by atomic mass is 9.89. The molecule has 2 aliphatic heterocycles. The molecule has 2 aromatic heterocycles. The number of fused-ring (bicyclic) bond motifs is 1. The Morgan fingerprint density at radius 1 is 1.41 bits per heavy atom. The number of nitrogens with one attached hydrogen (secondary N) is 1. The summed E-state index contributed by atoms with van der Waals surface area (Å²) >= 11 is 1.46. The minimum Gasteiger partial charge on any atom is -0.376 e. The maximum absolute atomic E-state index is 13.0. The van der Waals surface area contributed by atoms with Crippen molar-refractivity contribution < 1.29 is 14.3 Å². The molecule has 0 aromatic carbocycles. The monoisotopic (exact) mass is 386 g/mol. The van der Waals surface area contributed by atoms with Crippen molar-refractivity contribution in [3.8, 4) is 0 Å². The lowest BCUT2D eigenvalue weighted by Gasteiger charge is -2.40. The molecule has 4 heterocycles. The fraction of sp³-hybridized carbons (Fsp3) is 0.474. The second-order valence-electron chi connectivity index (χ2n) is 6.95. The Morgan fingerprint density at radius 3 is 3.04 bits per heavy atom. The van der Waals surface area contributed by atoms with Gasteiger partial charge in [-0.15, -0.1) is 11.3 Å². The highest BCUT2D eigenvalue weighted by atomic mass is 32.1. The van der Waals surface area contributed by atoms with Crippen molar-refractivity contribution in [1.82, 2.24) is 20.2 Å². The Kier molecular flexibility index (Phi) is 5.18. The zero-order chi connectivity index (χ0) is 18.8. The van der Waals surface area contributed by atoms with Gasteiger partial charge in [0, 0.05) is 24.7 Å². The Hall–Kier alpha value is -2.32. The van der Waals surface area contributed by atoms with E-state index in [2.05, 4.69) is 15.3 Å². The number of likely N-dealkylation sites (tertiary alicyclic amines) is 1. The average Bonchev–Trinajstić information content (AvgIpc) is 3.34. The first kappa shape index (κ1) is 18.1. The number of amides is 2. The molecule has 2 saturated heterocycles. The number of nitrogens with zero attached hydrogens (tertiary/aromatic N) is 3. The van der Waals surface area contributed by atoms with Gasteiger partial charge in [-0.3, -0.25) is 14.6 Å². The van der Waals surface area contributed by atoms with Crippen molar-refractivity contribution in [3.63, 3.8) is 0 Å². The van der Waals surface area contributed by atoms with Crippen molar-refractivity contribution in [1.29, 1.82) is 0 Å². The number of hydrogen-bond donors (Lipinski definition) is 1. The molecule has 2 fully saturated rings. The van der Waals surface area contributed by atoms with Crippen molar-refractivity contribution >= 4 is 23.2 Å². The summed E-state index contributed by atoms with van der Waals surface area (Å²) in [5, 5.41) is 5.59. The SMILES string of the molecule is Cc1nc(C(=O)N2C[C@H](C(=O)NCc3ccccn3)C[C@H]3OCC[C@H]32)cs1. The van der Waals surface area contributed by atoms with Crippen molar-refractivity contribution in [3.05, 3.63) is 46.2 Å². The molecule has 2 aliphatic rings. The molecule has 3 atom stereocenters. The molecular formula is C19H22N4O3S. The number of pyridine rings is 1. The molecule has 4 rings (SSSR count). The molecule has 1 N–H and O–H groups in total. The third-order valence-corrected chi connectivity index (χ3v) is 5.92. The molecule has 0 spiro atoms. The van der Waals surface area contributed by atoms with Crippen LogP contribution in [-0.4, -0.2) is 52.0 Å². The van der Waals surface area contributed by atoms with Crippen LogP contribution in [0, 0.1) is 12.8 Å². The fourth-order valence-electron chi connectivity index (χ4n) is 3.80. The largest absolute Gasteiger partial charge is 0.376 e. The number of thiazole rings is 1. The van der Waals surface area contributed by atoms with Gasteiger partial charge in [-0.2, -0.15) is 0 Å². The second-order valence-corrected chi connectivity index (χ2v) is 8.01.